The van der Waals surface area contributed by atoms with Crippen molar-refractivity contribution >= 4 is 25.7 Å². The van der Waals surface area contributed by atoms with Gasteiger partial charge in [-0.3, -0.25) is 0 Å². The molecule has 3 N–H and O–H groups in total. The number of aromatic nitrogens is 1. The van der Waals surface area contributed by atoms with Crippen LogP contribution >= 0.6 is 0 Å². The van der Waals surface area contributed by atoms with Crippen molar-refractivity contribution in [3.05, 3.63) is 72.4 Å². The maximum Gasteiger partial charge on any atom is 0.244 e. The second kappa shape index (κ2) is 15.9. The van der Waals surface area contributed by atoms with Crippen LogP contribution in [-0.2, 0) is 36.1 Å². The molecule has 2 atom stereocenters. The van der Waals surface area contributed by atoms with Crippen LogP contribution in [-0.4, -0.2) is 115 Å². The lowest BCUT2D eigenvalue weighted by atomic mass is 9.88. The third-order valence-corrected chi connectivity index (χ3v) is 12.6. The van der Waals surface area contributed by atoms with Gasteiger partial charge in [-0.15, -0.1) is 0 Å². The molecule has 50 heavy (non-hydrogen) atoms. The number of fused-ring (bicyclic) bond motifs is 1. The van der Waals surface area contributed by atoms with Gasteiger partial charge in [0.05, 0.1) is 43.1 Å². The molecular formula is C34H45N5O9S2. The first-order valence-electron chi connectivity index (χ1n) is 16.8. The lowest BCUT2D eigenvalue weighted by Gasteiger charge is -2.38. The highest BCUT2D eigenvalue weighted by atomic mass is 32.2. The highest BCUT2D eigenvalue weighted by Crippen LogP contribution is 2.38. The number of nitrogens with zero attached hydrogens (tertiary/aromatic N) is 3. The van der Waals surface area contributed by atoms with Crippen LogP contribution in [0.1, 0.15) is 24.8 Å². The van der Waals surface area contributed by atoms with E-state index in [0.29, 0.717) is 89.2 Å². The molecule has 2 unspecified atom stereocenters. The number of piperidine rings is 1. The Kier molecular flexibility index (Phi) is 11.6. The number of hydrogen-bond acceptors (Lipinski definition) is 12. The zero-order valence-corrected chi connectivity index (χ0v) is 29.7. The minimum Gasteiger partial charge on any atom is -0.491 e. The summed E-state index contributed by atoms with van der Waals surface area (Å²) in [4.78, 5) is 6.63. The Morgan fingerprint density at radius 1 is 1.04 bits per heavy atom. The smallest absolute Gasteiger partial charge is 0.244 e. The average Bonchev–Trinajstić information content (AvgIpc) is 3.53. The number of aliphatic hydroxyl groups excluding tert-OH is 1. The summed E-state index contributed by atoms with van der Waals surface area (Å²) in [7, 11) is -6.07. The number of nitrogens with one attached hydrogen (secondary N) is 2. The van der Waals surface area contributed by atoms with E-state index in [9.17, 15) is 21.9 Å². The van der Waals surface area contributed by atoms with Crippen molar-refractivity contribution < 1.29 is 40.9 Å². The third-order valence-electron chi connectivity index (χ3n) is 9.31. The molecule has 1 spiro atoms. The largest absolute Gasteiger partial charge is 0.491 e. The van der Waals surface area contributed by atoms with E-state index >= 15 is 0 Å². The van der Waals surface area contributed by atoms with Crippen LogP contribution in [0.3, 0.4) is 0 Å². The van der Waals surface area contributed by atoms with Gasteiger partial charge in [0, 0.05) is 38.3 Å². The molecule has 1 aromatic heterocycles. The molecule has 0 aliphatic carbocycles. The second-order valence-electron chi connectivity index (χ2n) is 12.7. The normalized spacial score (nSPS) is 20.0. The quantitative estimate of drug-likeness (QED) is 0.194. The van der Waals surface area contributed by atoms with Gasteiger partial charge in [0.2, 0.25) is 25.9 Å². The van der Waals surface area contributed by atoms with E-state index in [4.69, 9.17) is 18.9 Å². The van der Waals surface area contributed by atoms with Gasteiger partial charge in [-0.2, -0.15) is 4.31 Å². The number of rotatable bonds is 15. The predicted octanol–water partition coefficient (Wildman–Crippen LogP) is 1.75. The van der Waals surface area contributed by atoms with Gasteiger partial charge in [0.25, 0.3) is 0 Å². The van der Waals surface area contributed by atoms with Gasteiger partial charge in [-0.25, -0.2) is 26.5 Å². The molecule has 16 heteroatoms. The molecule has 3 aliphatic rings. The van der Waals surface area contributed by atoms with Gasteiger partial charge in [0.15, 0.2) is 0 Å². The Balaban J connectivity index is 0.968. The molecule has 272 valence electrons. The molecule has 2 fully saturated rings. The first-order chi connectivity index (χ1) is 24.1. The number of aliphatic hydroxyl groups is 1. The van der Waals surface area contributed by atoms with E-state index in [-0.39, 0.29) is 29.0 Å². The maximum atomic E-state index is 13.8. The fourth-order valence-electron chi connectivity index (χ4n) is 6.46. The van der Waals surface area contributed by atoms with Crippen LogP contribution in [0.2, 0.25) is 0 Å². The van der Waals surface area contributed by atoms with Gasteiger partial charge < -0.3 is 34.3 Å². The van der Waals surface area contributed by atoms with Crippen molar-refractivity contribution in [1.82, 2.24) is 19.3 Å². The van der Waals surface area contributed by atoms with Crippen LogP contribution in [0, 0.1) is 0 Å². The topological polar surface area (TPSA) is 169 Å². The average molecular weight is 732 g/mol. The Morgan fingerprint density at radius 3 is 2.62 bits per heavy atom. The molecule has 3 aromatic rings. The minimum atomic E-state index is -3.80. The zero-order valence-electron chi connectivity index (χ0n) is 28.1. The first-order valence-corrected chi connectivity index (χ1v) is 19.7. The molecule has 2 aromatic carbocycles. The molecule has 3 aliphatic heterocycles. The Labute approximate surface area is 293 Å². The van der Waals surface area contributed by atoms with E-state index in [2.05, 4.69) is 19.9 Å². The number of hydrogen-bond donors (Lipinski definition) is 3. The summed E-state index contributed by atoms with van der Waals surface area (Å²) in [5.74, 6) is 0.755. The maximum absolute atomic E-state index is 13.8. The van der Waals surface area contributed by atoms with Gasteiger partial charge in [0.1, 0.15) is 35.7 Å². The van der Waals surface area contributed by atoms with Crippen molar-refractivity contribution in [2.75, 3.05) is 71.1 Å². The summed E-state index contributed by atoms with van der Waals surface area (Å²) < 4.78 is 78.9. The summed E-state index contributed by atoms with van der Waals surface area (Å²) in [5, 5.41) is 13.8. The van der Waals surface area contributed by atoms with E-state index in [1.165, 1.54) is 29.7 Å². The molecule has 0 bridgehead atoms. The molecule has 14 nitrogen and oxygen atoms in total. The Bertz CT molecular complexity index is 1810. The van der Waals surface area contributed by atoms with Crippen LogP contribution in [0.15, 0.2) is 76.7 Å². The molecule has 2 saturated heterocycles. The molecule has 0 radical (unpaired) electrons. The molecule has 0 saturated carbocycles. The Hall–Kier alpha value is -3.35. The summed E-state index contributed by atoms with van der Waals surface area (Å²) in [6.45, 7) is 3.93. The van der Waals surface area contributed by atoms with Crippen molar-refractivity contribution in [2.45, 2.75) is 53.4 Å². The van der Waals surface area contributed by atoms with Crippen molar-refractivity contribution in [1.29, 1.82) is 0 Å². The van der Waals surface area contributed by atoms with E-state index in [1.807, 2.05) is 30.3 Å². The minimum absolute atomic E-state index is 0.00981. The van der Waals surface area contributed by atoms with Crippen molar-refractivity contribution in [3.63, 3.8) is 0 Å². The van der Waals surface area contributed by atoms with Gasteiger partial charge in [-0.1, -0.05) is 36.4 Å². The van der Waals surface area contributed by atoms with Crippen molar-refractivity contribution in [3.8, 4) is 11.6 Å². The van der Waals surface area contributed by atoms with Gasteiger partial charge >= 0.3 is 0 Å². The van der Waals surface area contributed by atoms with Crippen LogP contribution in [0.5, 0.6) is 11.6 Å². The monoisotopic (exact) mass is 731 g/mol. The summed E-state index contributed by atoms with van der Waals surface area (Å²) in [5.41, 5.74) is 1.29. The lowest BCUT2D eigenvalue weighted by molar-refractivity contribution is -0.0312. The van der Waals surface area contributed by atoms with Crippen LogP contribution < -0.4 is 24.4 Å². The number of anilines is 1. The SMILES string of the molecule is CNS(=O)(=O)c1cccc(OCC(O)CNC2COC3(CCN(S(=O)(=O)c4cnc5c(c4)N(CCOCc4ccccc4)CCO5)CC3)C2)c1. The third kappa shape index (κ3) is 8.74. The van der Waals surface area contributed by atoms with E-state index < -0.39 is 31.8 Å². The standard InChI is InChI=1S/C34H45N5O9S2/c1-35-49(41,42)30-9-5-8-29(18-30)47-25-28(40)21-36-27-20-34(48-24-27)10-12-39(13-11-34)50(43,44)31-19-32-33(37-22-31)46-17-15-38(32)14-16-45-23-26-6-3-2-4-7-26/h2-9,18-19,22,27-28,35-36,40H,10-17,20-21,23-25H2,1H3. The highest BCUT2D eigenvalue weighted by molar-refractivity contribution is 7.89. The van der Waals surface area contributed by atoms with E-state index in [0.717, 1.165) is 5.56 Å². The Morgan fingerprint density at radius 2 is 1.84 bits per heavy atom. The van der Waals surface area contributed by atoms with Crippen LogP contribution in [0.25, 0.3) is 0 Å². The molecule has 4 heterocycles. The number of benzene rings is 2. The second-order valence-corrected chi connectivity index (χ2v) is 16.5. The number of sulfonamides is 2. The van der Waals surface area contributed by atoms with Gasteiger partial charge in [-0.05, 0) is 50.1 Å². The summed E-state index contributed by atoms with van der Waals surface area (Å²) in [6.07, 6.45) is 2.33. The zero-order chi connectivity index (χ0) is 35.2. The molecule has 6 rings (SSSR count). The lowest BCUT2D eigenvalue weighted by Crippen LogP contribution is -2.47. The number of pyridine rings is 1. The number of ether oxygens (including phenoxy) is 4. The fraction of sp³-hybridized carbons (Fsp3) is 0.500. The van der Waals surface area contributed by atoms with E-state index in [1.54, 1.807) is 18.2 Å². The summed E-state index contributed by atoms with van der Waals surface area (Å²) in [6, 6.07) is 17.7. The first kappa shape index (κ1) is 36.4. The van der Waals surface area contributed by atoms with Crippen molar-refractivity contribution in [2.24, 2.45) is 0 Å². The summed E-state index contributed by atoms with van der Waals surface area (Å²) >= 11 is 0. The predicted molar refractivity (Wildman–Crippen MR) is 185 cm³/mol. The fourth-order valence-corrected chi connectivity index (χ4v) is 8.63. The molecule has 0 amide bonds. The van der Waals surface area contributed by atoms with Crippen LogP contribution in [0.4, 0.5) is 5.69 Å². The molecular weight excluding hydrogens is 687 g/mol. The highest BCUT2D eigenvalue weighted by Gasteiger charge is 2.45.